The zero-order valence-electron chi connectivity index (χ0n) is 16.4. The summed E-state index contributed by atoms with van der Waals surface area (Å²) in [5.74, 6) is -0.371. The van der Waals surface area contributed by atoms with Gasteiger partial charge in [0.1, 0.15) is 5.75 Å². The van der Waals surface area contributed by atoms with Crippen molar-refractivity contribution in [2.24, 2.45) is 0 Å². The summed E-state index contributed by atoms with van der Waals surface area (Å²) in [6.45, 7) is 1.94. The van der Waals surface area contributed by atoms with Gasteiger partial charge in [0.05, 0.1) is 24.4 Å². The van der Waals surface area contributed by atoms with Crippen LogP contribution in [-0.2, 0) is 11.3 Å². The summed E-state index contributed by atoms with van der Waals surface area (Å²) >= 11 is 6.05. The number of rotatable bonds is 9. The minimum atomic E-state index is -0.482. The van der Waals surface area contributed by atoms with Crippen LogP contribution in [0.5, 0.6) is 5.75 Å². The lowest BCUT2D eigenvalue weighted by Gasteiger charge is -2.17. The number of anilines is 1. The van der Waals surface area contributed by atoms with E-state index in [1.54, 1.807) is 30.3 Å². The summed E-state index contributed by atoms with van der Waals surface area (Å²) in [5.41, 5.74) is 7.84. The number of hydrogen-bond donors (Lipinski definition) is 4. The number of nitrogens with two attached hydrogens (primary N) is 1. The minimum absolute atomic E-state index is 0.0734. The molecular formula is C21H25ClN4O3. The molecular weight excluding hydrogens is 392 g/mol. The zero-order chi connectivity index (χ0) is 21.4. The fourth-order valence-electron chi connectivity index (χ4n) is 2.83. The Bertz CT molecular complexity index is 884. The monoisotopic (exact) mass is 416 g/mol. The molecule has 0 bridgehead atoms. The molecule has 8 heteroatoms. The van der Waals surface area contributed by atoms with Crippen LogP contribution in [0.3, 0.4) is 0 Å². The number of hydrogen-bond acceptors (Lipinski definition) is 5. The van der Waals surface area contributed by atoms with Gasteiger partial charge in [-0.3, -0.25) is 4.79 Å². The maximum atomic E-state index is 12.4. The maximum Gasteiger partial charge on any atom is 0.315 e. The number of benzene rings is 2. The highest BCUT2D eigenvalue weighted by atomic mass is 35.5. The summed E-state index contributed by atoms with van der Waals surface area (Å²) in [6, 6.07) is 11.8. The lowest BCUT2D eigenvalue weighted by atomic mass is 9.89. The first-order chi connectivity index (χ1) is 13.8. The van der Waals surface area contributed by atoms with Gasteiger partial charge in [-0.25, -0.2) is 4.79 Å². The Morgan fingerprint density at radius 1 is 1.17 bits per heavy atom. The second kappa shape index (κ2) is 10.5. The van der Waals surface area contributed by atoms with E-state index in [0.29, 0.717) is 29.4 Å². The number of ketones is 1. The highest BCUT2D eigenvalue weighted by Crippen LogP contribution is 2.30. The predicted octanol–water partition coefficient (Wildman–Crippen LogP) is 3.51. The Balaban J connectivity index is 1.90. The SMILES string of the molecule is CCC(C(=N)C(=O)CNC(=O)NCc1ccc(N)cc1)c1ccc(Cl)c(OC)c1. The second-order valence-corrected chi connectivity index (χ2v) is 6.88. The summed E-state index contributed by atoms with van der Waals surface area (Å²) in [5, 5.41) is 13.9. The van der Waals surface area contributed by atoms with E-state index in [9.17, 15) is 9.59 Å². The Hall–Kier alpha value is -3.06. The van der Waals surface area contributed by atoms with E-state index < -0.39 is 17.7 Å². The highest BCUT2D eigenvalue weighted by molar-refractivity contribution is 6.41. The van der Waals surface area contributed by atoms with Crippen LogP contribution in [0.2, 0.25) is 5.02 Å². The Kier molecular flexibility index (Phi) is 8.03. The van der Waals surface area contributed by atoms with Gasteiger partial charge in [0, 0.05) is 18.2 Å². The van der Waals surface area contributed by atoms with Crippen LogP contribution in [0.1, 0.15) is 30.4 Å². The molecule has 0 aliphatic carbocycles. The largest absolute Gasteiger partial charge is 0.495 e. The third-order valence-corrected chi connectivity index (χ3v) is 4.79. The van der Waals surface area contributed by atoms with Gasteiger partial charge in [-0.1, -0.05) is 36.7 Å². The summed E-state index contributed by atoms with van der Waals surface area (Å²) in [7, 11) is 1.51. The van der Waals surface area contributed by atoms with Crippen molar-refractivity contribution in [3.05, 3.63) is 58.6 Å². The van der Waals surface area contributed by atoms with Gasteiger partial charge in [-0.2, -0.15) is 0 Å². The molecule has 0 aliphatic rings. The third kappa shape index (κ3) is 6.22. The fourth-order valence-corrected chi connectivity index (χ4v) is 3.02. The van der Waals surface area contributed by atoms with Crippen molar-refractivity contribution in [1.82, 2.24) is 10.6 Å². The molecule has 1 unspecified atom stereocenters. The van der Waals surface area contributed by atoms with E-state index in [2.05, 4.69) is 10.6 Å². The molecule has 7 nitrogen and oxygen atoms in total. The summed E-state index contributed by atoms with van der Waals surface area (Å²) in [6.07, 6.45) is 0.554. The molecule has 0 aromatic heterocycles. The number of ether oxygens (including phenoxy) is 1. The zero-order valence-corrected chi connectivity index (χ0v) is 17.2. The first kappa shape index (κ1) is 22.2. The maximum absolute atomic E-state index is 12.4. The standard InChI is InChI=1S/C21H25ClN4O3/c1-3-16(14-6-9-17(22)19(10-14)29-2)20(24)18(27)12-26-21(28)25-11-13-4-7-15(23)8-5-13/h4-10,16,24H,3,11-12,23H2,1-2H3,(H2,25,26,28). The quantitative estimate of drug-likeness (QED) is 0.369. The number of urea groups is 1. The first-order valence-electron chi connectivity index (χ1n) is 9.16. The van der Waals surface area contributed by atoms with Crippen LogP contribution < -0.4 is 21.1 Å². The smallest absolute Gasteiger partial charge is 0.315 e. The number of Topliss-reactive ketones (excluding diaryl/α,β-unsaturated/α-hetero) is 1. The summed E-state index contributed by atoms with van der Waals surface area (Å²) in [4.78, 5) is 24.4. The molecule has 2 amide bonds. The lowest BCUT2D eigenvalue weighted by Crippen LogP contribution is -2.40. The Morgan fingerprint density at radius 3 is 2.48 bits per heavy atom. The average Bonchev–Trinajstić information content (AvgIpc) is 2.73. The van der Waals surface area contributed by atoms with E-state index in [-0.39, 0.29) is 12.3 Å². The number of carbonyl (C=O) groups is 2. The molecule has 5 N–H and O–H groups in total. The van der Waals surface area contributed by atoms with Crippen molar-refractivity contribution >= 4 is 34.8 Å². The second-order valence-electron chi connectivity index (χ2n) is 6.47. The molecule has 0 saturated heterocycles. The van der Waals surface area contributed by atoms with E-state index in [1.165, 1.54) is 7.11 Å². The van der Waals surface area contributed by atoms with Crippen LogP contribution in [0.15, 0.2) is 42.5 Å². The van der Waals surface area contributed by atoms with E-state index >= 15 is 0 Å². The molecule has 0 radical (unpaired) electrons. The molecule has 0 fully saturated rings. The highest BCUT2D eigenvalue weighted by Gasteiger charge is 2.22. The van der Waals surface area contributed by atoms with Gasteiger partial charge in [0.15, 0.2) is 5.78 Å². The number of nitrogens with one attached hydrogen (secondary N) is 3. The average molecular weight is 417 g/mol. The van der Waals surface area contributed by atoms with E-state index in [4.69, 9.17) is 27.5 Å². The molecule has 154 valence electrons. The van der Waals surface area contributed by atoms with Gasteiger partial charge < -0.3 is 26.5 Å². The first-order valence-corrected chi connectivity index (χ1v) is 9.54. The number of halogens is 1. The van der Waals surface area contributed by atoms with Crippen molar-refractivity contribution in [3.63, 3.8) is 0 Å². The number of carbonyl (C=O) groups excluding carboxylic acids is 2. The van der Waals surface area contributed by atoms with Gasteiger partial charge in [-0.05, 0) is 41.8 Å². The summed E-state index contributed by atoms with van der Waals surface area (Å²) < 4.78 is 5.21. The fraction of sp³-hybridized carbons (Fsp3) is 0.286. The molecule has 0 heterocycles. The van der Waals surface area contributed by atoms with E-state index in [0.717, 1.165) is 11.1 Å². The van der Waals surface area contributed by atoms with Gasteiger partial charge in [-0.15, -0.1) is 0 Å². The molecule has 0 spiro atoms. The number of nitrogen functional groups attached to an aromatic ring is 1. The van der Waals surface area contributed by atoms with Crippen molar-refractivity contribution in [3.8, 4) is 5.75 Å². The molecule has 0 saturated carbocycles. The molecule has 2 rings (SSSR count). The lowest BCUT2D eigenvalue weighted by molar-refractivity contribution is -0.112. The Morgan fingerprint density at radius 2 is 1.86 bits per heavy atom. The normalized spacial score (nSPS) is 11.4. The van der Waals surface area contributed by atoms with Crippen molar-refractivity contribution in [2.75, 3.05) is 19.4 Å². The van der Waals surface area contributed by atoms with Gasteiger partial charge in [0.25, 0.3) is 0 Å². The molecule has 29 heavy (non-hydrogen) atoms. The van der Waals surface area contributed by atoms with Crippen molar-refractivity contribution < 1.29 is 14.3 Å². The third-order valence-electron chi connectivity index (χ3n) is 4.48. The molecule has 2 aromatic rings. The van der Waals surface area contributed by atoms with Crippen LogP contribution in [-0.4, -0.2) is 31.2 Å². The van der Waals surface area contributed by atoms with Crippen LogP contribution >= 0.6 is 11.6 Å². The topological polar surface area (TPSA) is 117 Å². The van der Waals surface area contributed by atoms with Crippen molar-refractivity contribution in [2.45, 2.75) is 25.8 Å². The van der Waals surface area contributed by atoms with Crippen molar-refractivity contribution in [1.29, 1.82) is 5.41 Å². The molecule has 0 aliphatic heterocycles. The molecule has 2 aromatic carbocycles. The minimum Gasteiger partial charge on any atom is -0.495 e. The predicted molar refractivity (Wildman–Crippen MR) is 115 cm³/mol. The number of amides is 2. The van der Waals surface area contributed by atoms with Crippen LogP contribution in [0.4, 0.5) is 10.5 Å². The van der Waals surface area contributed by atoms with Gasteiger partial charge in [0.2, 0.25) is 0 Å². The number of methoxy groups -OCH3 is 1. The van der Waals surface area contributed by atoms with Crippen LogP contribution in [0.25, 0.3) is 0 Å². The Labute approximate surface area is 175 Å². The van der Waals surface area contributed by atoms with Crippen LogP contribution in [0, 0.1) is 5.41 Å². The van der Waals surface area contributed by atoms with Gasteiger partial charge >= 0.3 is 6.03 Å². The van der Waals surface area contributed by atoms with E-state index in [1.807, 2.05) is 19.1 Å². The molecule has 1 atom stereocenters.